The molecule has 1 aromatic carbocycles. The summed E-state index contributed by atoms with van der Waals surface area (Å²) in [5.41, 5.74) is 7.30. The summed E-state index contributed by atoms with van der Waals surface area (Å²) >= 11 is 4.93. The number of thiocarbonyl (C=S) groups is 1. The monoisotopic (exact) mass is 304 g/mol. The minimum Gasteiger partial charge on any atom is -0.389 e. The molecule has 1 aliphatic rings. The van der Waals surface area contributed by atoms with Crippen LogP contribution in [0, 0.1) is 5.92 Å². The molecule has 3 nitrogen and oxygen atoms in total. The number of hydrogen-bond acceptors (Lipinski definition) is 2. The van der Waals surface area contributed by atoms with Crippen LogP contribution in [0.25, 0.3) is 0 Å². The van der Waals surface area contributed by atoms with E-state index in [-0.39, 0.29) is 5.91 Å². The van der Waals surface area contributed by atoms with Gasteiger partial charge in [0.25, 0.3) is 0 Å². The van der Waals surface area contributed by atoms with Gasteiger partial charge in [-0.3, -0.25) is 4.79 Å². The molecule has 1 fully saturated rings. The first-order valence-corrected chi connectivity index (χ1v) is 8.15. The summed E-state index contributed by atoms with van der Waals surface area (Å²) in [6.45, 7) is 0. The largest absolute Gasteiger partial charge is 0.389 e. The Morgan fingerprint density at radius 1 is 1.24 bits per heavy atom. The Morgan fingerprint density at radius 2 is 1.86 bits per heavy atom. The molecule has 2 rings (SSSR count). The van der Waals surface area contributed by atoms with Crippen LogP contribution in [0.4, 0.5) is 5.69 Å². The molecule has 0 saturated heterocycles. The first kappa shape index (κ1) is 16.0. The van der Waals surface area contributed by atoms with Crippen molar-refractivity contribution in [2.45, 2.75) is 44.9 Å². The number of hydrogen-bond donors (Lipinski definition) is 1. The molecule has 21 heavy (non-hydrogen) atoms. The molecule has 0 spiro atoms. The number of anilines is 1. The lowest BCUT2D eigenvalue weighted by molar-refractivity contribution is -0.118. The summed E-state index contributed by atoms with van der Waals surface area (Å²) < 4.78 is 0. The molecule has 1 aliphatic carbocycles. The van der Waals surface area contributed by atoms with Crippen LogP contribution in [-0.4, -0.2) is 17.9 Å². The highest BCUT2D eigenvalue weighted by Gasteiger charge is 2.17. The van der Waals surface area contributed by atoms with Crippen LogP contribution in [0.5, 0.6) is 0 Å². The predicted molar refractivity (Wildman–Crippen MR) is 91.5 cm³/mol. The van der Waals surface area contributed by atoms with Gasteiger partial charge in [0.15, 0.2) is 0 Å². The van der Waals surface area contributed by atoms with Crippen molar-refractivity contribution in [3.63, 3.8) is 0 Å². The second-order valence-electron chi connectivity index (χ2n) is 5.91. The molecular formula is C17H24N2OS. The summed E-state index contributed by atoms with van der Waals surface area (Å²) in [5, 5.41) is 0. The van der Waals surface area contributed by atoms with Crippen molar-refractivity contribution in [1.82, 2.24) is 0 Å². The Morgan fingerprint density at radius 3 is 2.43 bits per heavy atom. The predicted octanol–water partition coefficient (Wildman–Crippen LogP) is 3.64. The van der Waals surface area contributed by atoms with Crippen molar-refractivity contribution in [1.29, 1.82) is 0 Å². The SMILES string of the molecule is CN(C(=O)CCC1CCCCC1)c1ccc(C(N)=S)cc1. The van der Waals surface area contributed by atoms with Crippen LogP contribution in [0.3, 0.4) is 0 Å². The van der Waals surface area contributed by atoms with E-state index in [9.17, 15) is 4.79 Å². The number of amides is 1. The van der Waals surface area contributed by atoms with E-state index in [2.05, 4.69) is 0 Å². The van der Waals surface area contributed by atoms with E-state index in [1.165, 1.54) is 32.1 Å². The van der Waals surface area contributed by atoms with E-state index in [4.69, 9.17) is 18.0 Å². The smallest absolute Gasteiger partial charge is 0.226 e. The van der Waals surface area contributed by atoms with Crippen LogP contribution in [0.1, 0.15) is 50.5 Å². The quantitative estimate of drug-likeness (QED) is 0.845. The van der Waals surface area contributed by atoms with Gasteiger partial charge in [0.2, 0.25) is 5.91 Å². The maximum absolute atomic E-state index is 12.3. The standard InChI is InChI=1S/C17H24N2OS/c1-19(15-10-8-14(9-11-15)17(18)21)16(20)12-7-13-5-3-2-4-6-13/h8-11,13H,2-7,12H2,1H3,(H2,18,21). The lowest BCUT2D eigenvalue weighted by Crippen LogP contribution is -2.26. The van der Waals surface area contributed by atoms with Crippen molar-refractivity contribution >= 4 is 28.8 Å². The summed E-state index contributed by atoms with van der Waals surface area (Å²) in [6, 6.07) is 7.52. The molecule has 1 saturated carbocycles. The second-order valence-corrected chi connectivity index (χ2v) is 6.35. The van der Waals surface area contributed by atoms with Gasteiger partial charge in [0, 0.05) is 24.7 Å². The van der Waals surface area contributed by atoms with E-state index in [1.807, 2.05) is 31.3 Å². The van der Waals surface area contributed by atoms with Gasteiger partial charge in [0.1, 0.15) is 4.99 Å². The highest BCUT2D eigenvalue weighted by atomic mass is 32.1. The third-order valence-electron chi connectivity index (χ3n) is 4.40. The molecule has 0 bridgehead atoms. The van der Waals surface area contributed by atoms with E-state index in [0.717, 1.165) is 23.6 Å². The second kappa shape index (κ2) is 7.55. The summed E-state index contributed by atoms with van der Waals surface area (Å²) in [6.07, 6.45) is 8.26. The van der Waals surface area contributed by atoms with E-state index in [1.54, 1.807) is 4.90 Å². The third kappa shape index (κ3) is 4.53. The Hall–Kier alpha value is -1.42. The Bertz CT molecular complexity index is 492. The maximum Gasteiger partial charge on any atom is 0.226 e. The molecule has 0 radical (unpaired) electrons. The molecule has 0 atom stereocenters. The zero-order valence-corrected chi connectivity index (χ0v) is 13.5. The van der Waals surface area contributed by atoms with Gasteiger partial charge in [-0.05, 0) is 36.6 Å². The highest BCUT2D eigenvalue weighted by molar-refractivity contribution is 7.80. The third-order valence-corrected chi connectivity index (χ3v) is 4.64. The first-order chi connectivity index (χ1) is 10.1. The van der Waals surface area contributed by atoms with Crippen LogP contribution < -0.4 is 10.6 Å². The molecular weight excluding hydrogens is 280 g/mol. The van der Waals surface area contributed by atoms with E-state index in [0.29, 0.717) is 11.4 Å². The average molecular weight is 304 g/mol. The van der Waals surface area contributed by atoms with Gasteiger partial charge in [-0.25, -0.2) is 0 Å². The molecule has 2 N–H and O–H groups in total. The van der Waals surface area contributed by atoms with Crippen molar-refractivity contribution < 1.29 is 4.79 Å². The number of benzene rings is 1. The van der Waals surface area contributed by atoms with E-state index >= 15 is 0 Å². The topological polar surface area (TPSA) is 46.3 Å². The lowest BCUT2D eigenvalue weighted by Gasteiger charge is -2.23. The normalized spacial score (nSPS) is 15.7. The van der Waals surface area contributed by atoms with Crippen molar-refractivity contribution in [3.05, 3.63) is 29.8 Å². The minimum atomic E-state index is 0.184. The number of nitrogens with two attached hydrogens (primary N) is 1. The number of rotatable bonds is 5. The molecule has 4 heteroatoms. The zero-order valence-electron chi connectivity index (χ0n) is 12.7. The summed E-state index contributed by atoms with van der Waals surface area (Å²) in [4.78, 5) is 14.4. The van der Waals surface area contributed by atoms with Gasteiger partial charge in [-0.15, -0.1) is 0 Å². The van der Waals surface area contributed by atoms with Crippen LogP contribution >= 0.6 is 12.2 Å². The fourth-order valence-electron chi connectivity index (χ4n) is 2.96. The lowest BCUT2D eigenvalue weighted by atomic mass is 9.86. The van der Waals surface area contributed by atoms with Gasteiger partial charge < -0.3 is 10.6 Å². The van der Waals surface area contributed by atoms with Crippen molar-refractivity contribution in [3.8, 4) is 0 Å². The molecule has 0 aromatic heterocycles. The molecule has 114 valence electrons. The molecule has 1 amide bonds. The fraction of sp³-hybridized carbons (Fsp3) is 0.529. The van der Waals surface area contributed by atoms with Gasteiger partial charge in [-0.2, -0.15) is 0 Å². The Kier molecular flexibility index (Phi) is 5.74. The average Bonchev–Trinajstić information content (AvgIpc) is 2.53. The summed E-state index contributed by atoms with van der Waals surface area (Å²) in [5.74, 6) is 0.928. The number of carbonyl (C=O) groups is 1. The Labute approximate surface area is 132 Å². The van der Waals surface area contributed by atoms with Crippen LogP contribution in [0.15, 0.2) is 24.3 Å². The molecule has 0 unspecified atom stereocenters. The van der Waals surface area contributed by atoms with Gasteiger partial charge in [0.05, 0.1) is 0 Å². The number of nitrogens with zero attached hydrogens (tertiary/aromatic N) is 1. The molecule has 1 aromatic rings. The van der Waals surface area contributed by atoms with Crippen molar-refractivity contribution in [2.24, 2.45) is 11.7 Å². The summed E-state index contributed by atoms with van der Waals surface area (Å²) in [7, 11) is 1.83. The van der Waals surface area contributed by atoms with Gasteiger partial charge >= 0.3 is 0 Å². The zero-order chi connectivity index (χ0) is 15.2. The van der Waals surface area contributed by atoms with Crippen LogP contribution in [0.2, 0.25) is 0 Å². The molecule has 0 aliphatic heterocycles. The van der Waals surface area contributed by atoms with Crippen molar-refractivity contribution in [2.75, 3.05) is 11.9 Å². The Balaban J connectivity index is 1.87. The van der Waals surface area contributed by atoms with E-state index < -0.39 is 0 Å². The van der Waals surface area contributed by atoms with Gasteiger partial charge in [-0.1, -0.05) is 44.3 Å². The van der Waals surface area contributed by atoms with Crippen LogP contribution in [-0.2, 0) is 4.79 Å². The maximum atomic E-state index is 12.3. The fourth-order valence-corrected chi connectivity index (χ4v) is 3.10. The number of carbonyl (C=O) groups excluding carboxylic acids is 1. The minimum absolute atomic E-state index is 0.184. The molecule has 0 heterocycles. The first-order valence-electron chi connectivity index (χ1n) is 7.74. The highest BCUT2D eigenvalue weighted by Crippen LogP contribution is 2.27.